The minimum absolute atomic E-state index is 0.0203. The van der Waals surface area contributed by atoms with Gasteiger partial charge < -0.3 is 19.6 Å². The SMILES string of the molecule is C/C(=N/O)c1ccc(OCC(=O)N2CCOCC2)cc1. The molecule has 0 aromatic heterocycles. The van der Waals surface area contributed by atoms with Gasteiger partial charge in [0, 0.05) is 13.1 Å². The van der Waals surface area contributed by atoms with Crippen LogP contribution in [0, 0.1) is 0 Å². The van der Waals surface area contributed by atoms with E-state index in [0.717, 1.165) is 5.56 Å². The van der Waals surface area contributed by atoms with Crippen LogP contribution in [0.15, 0.2) is 29.4 Å². The minimum Gasteiger partial charge on any atom is -0.484 e. The summed E-state index contributed by atoms with van der Waals surface area (Å²) in [5.41, 5.74) is 1.33. The molecule has 0 atom stereocenters. The highest BCUT2D eigenvalue weighted by Crippen LogP contribution is 2.13. The highest BCUT2D eigenvalue weighted by atomic mass is 16.5. The lowest BCUT2D eigenvalue weighted by atomic mass is 10.1. The van der Waals surface area contributed by atoms with Crippen molar-refractivity contribution in [1.29, 1.82) is 0 Å². The topological polar surface area (TPSA) is 71.4 Å². The summed E-state index contributed by atoms with van der Waals surface area (Å²) in [5.74, 6) is 0.576. The molecule has 0 unspecified atom stereocenters. The van der Waals surface area contributed by atoms with Crippen molar-refractivity contribution in [3.63, 3.8) is 0 Å². The van der Waals surface area contributed by atoms with Crippen molar-refractivity contribution in [2.24, 2.45) is 5.16 Å². The first-order valence-corrected chi connectivity index (χ1v) is 6.48. The number of morpholine rings is 1. The van der Waals surface area contributed by atoms with Crippen molar-refractivity contribution in [3.05, 3.63) is 29.8 Å². The number of hydrogen-bond donors (Lipinski definition) is 1. The van der Waals surface area contributed by atoms with Crippen molar-refractivity contribution in [2.75, 3.05) is 32.9 Å². The van der Waals surface area contributed by atoms with E-state index in [9.17, 15) is 4.79 Å². The zero-order valence-electron chi connectivity index (χ0n) is 11.4. The molecule has 1 heterocycles. The molecule has 1 aromatic rings. The second kappa shape index (κ2) is 6.91. The normalized spacial score (nSPS) is 16.1. The van der Waals surface area contributed by atoms with E-state index in [0.29, 0.717) is 37.8 Å². The van der Waals surface area contributed by atoms with Gasteiger partial charge in [-0.05, 0) is 36.8 Å². The quantitative estimate of drug-likeness (QED) is 0.509. The van der Waals surface area contributed by atoms with Gasteiger partial charge in [-0.3, -0.25) is 4.79 Å². The number of carbonyl (C=O) groups is 1. The smallest absolute Gasteiger partial charge is 0.260 e. The summed E-state index contributed by atoms with van der Waals surface area (Å²) in [6.07, 6.45) is 0. The van der Waals surface area contributed by atoms with Gasteiger partial charge in [0.2, 0.25) is 0 Å². The molecule has 0 bridgehead atoms. The number of ether oxygens (including phenoxy) is 2. The Hall–Kier alpha value is -2.08. The molecule has 20 heavy (non-hydrogen) atoms. The predicted molar refractivity (Wildman–Crippen MR) is 73.3 cm³/mol. The maximum atomic E-state index is 11.9. The lowest BCUT2D eigenvalue weighted by molar-refractivity contribution is -0.137. The van der Waals surface area contributed by atoms with E-state index in [-0.39, 0.29) is 12.5 Å². The molecule has 0 aliphatic carbocycles. The number of hydrogen-bond acceptors (Lipinski definition) is 5. The van der Waals surface area contributed by atoms with Crippen LogP contribution in [0.1, 0.15) is 12.5 Å². The summed E-state index contributed by atoms with van der Waals surface area (Å²) in [4.78, 5) is 13.6. The first-order valence-electron chi connectivity index (χ1n) is 6.48. The third-order valence-corrected chi connectivity index (χ3v) is 3.15. The largest absolute Gasteiger partial charge is 0.484 e. The first kappa shape index (κ1) is 14.3. The van der Waals surface area contributed by atoms with Gasteiger partial charge in [0.05, 0.1) is 18.9 Å². The molecule has 0 spiro atoms. The highest BCUT2D eigenvalue weighted by molar-refractivity contribution is 5.98. The van der Waals surface area contributed by atoms with E-state index in [1.54, 1.807) is 36.1 Å². The lowest BCUT2D eigenvalue weighted by Crippen LogP contribution is -2.42. The van der Waals surface area contributed by atoms with Gasteiger partial charge in [-0.15, -0.1) is 0 Å². The second-order valence-electron chi connectivity index (χ2n) is 4.49. The van der Waals surface area contributed by atoms with E-state index < -0.39 is 0 Å². The molecule has 1 aliphatic heterocycles. The Kier molecular flexibility index (Phi) is 4.95. The second-order valence-corrected chi connectivity index (χ2v) is 4.49. The van der Waals surface area contributed by atoms with Gasteiger partial charge in [-0.25, -0.2) is 0 Å². The number of nitrogens with zero attached hydrogens (tertiary/aromatic N) is 2. The third kappa shape index (κ3) is 3.71. The van der Waals surface area contributed by atoms with Crippen LogP contribution in [0.25, 0.3) is 0 Å². The van der Waals surface area contributed by atoms with E-state index in [1.807, 2.05) is 0 Å². The molecule has 6 heteroatoms. The Labute approximate surface area is 117 Å². The van der Waals surface area contributed by atoms with Crippen LogP contribution in [-0.4, -0.2) is 54.6 Å². The van der Waals surface area contributed by atoms with E-state index in [1.165, 1.54) is 0 Å². The molecule has 1 N–H and O–H groups in total. The van der Waals surface area contributed by atoms with Crippen LogP contribution in [0.2, 0.25) is 0 Å². The number of benzene rings is 1. The van der Waals surface area contributed by atoms with Crippen molar-refractivity contribution < 1.29 is 19.5 Å². The van der Waals surface area contributed by atoms with Crippen molar-refractivity contribution in [1.82, 2.24) is 4.90 Å². The molecular weight excluding hydrogens is 260 g/mol. The summed E-state index contributed by atoms with van der Waals surface area (Å²) >= 11 is 0. The summed E-state index contributed by atoms with van der Waals surface area (Å²) in [5, 5.41) is 11.8. The maximum absolute atomic E-state index is 11.9. The van der Waals surface area contributed by atoms with E-state index in [2.05, 4.69) is 5.16 Å². The number of rotatable bonds is 4. The summed E-state index contributed by atoms with van der Waals surface area (Å²) < 4.78 is 10.6. The van der Waals surface area contributed by atoms with Crippen molar-refractivity contribution >= 4 is 11.6 Å². The Morgan fingerprint density at radius 2 is 2.00 bits per heavy atom. The molecule has 6 nitrogen and oxygen atoms in total. The zero-order valence-corrected chi connectivity index (χ0v) is 11.4. The molecule has 108 valence electrons. The van der Waals surface area contributed by atoms with E-state index in [4.69, 9.17) is 14.7 Å². The Morgan fingerprint density at radius 1 is 1.35 bits per heavy atom. The molecule has 1 amide bonds. The lowest BCUT2D eigenvalue weighted by Gasteiger charge is -2.26. The van der Waals surface area contributed by atoms with Gasteiger partial charge in [0.25, 0.3) is 5.91 Å². The fraction of sp³-hybridized carbons (Fsp3) is 0.429. The Morgan fingerprint density at radius 3 is 2.60 bits per heavy atom. The zero-order chi connectivity index (χ0) is 14.4. The molecule has 2 rings (SSSR count). The van der Waals surface area contributed by atoms with E-state index >= 15 is 0 Å². The highest BCUT2D eigenvalue weighted by Gasteiger charge is 2.17. The number of amides is 1. The molecule has 1 saturated heterocycles. The molecule has 1 aromatic carbocycles. The van der Waals surface area contributed by atoms with Gasteiger partial charge in [-0.1, -0.05) is 5.16 Å². The average Bonchev–Trinajstić information content (AvgIpc) is 2.53. The number of carbonyl (C=O) groups excluding carboxylic acids is 1. The predicted octanol–water partition coefficient (Wildman–Crippen LogP) is 1.12. The molecule has 0 saturated carbocycles. The van der Waals surface area contributed by atoms with Crippen molar-refractivity contribution in [2.45, 2.75) is 6.92 Å². The van der Waals surface area contributed by atoms with Gasteiger partial charge in [-0.2, -0.15) is 0 Å². The first-order chi connectivity index (χ1) is 9.70. The summed E-state index contributed by atoms with van der Waals surface area (Å²) in [7, 11) is 0. The fourth-order valence-corrected chi connectivity index (χ4v) is 1.90. The monoisotopic (exact) mass is 278 g/mol. The molecule has 0 radical (unpaired) electrons. The van der Waals surface area contributed by atoms with Crippen LogP contribution in [-0.2, 0) is 9.53 Å². The van der Waals surface area contributed by atoms with Gasteiger partial charge in [0.1, 0.15) is 5.75 Å². The molecular formula is C14H18N2O4. The van der Waals surface area contributed by atoms with Crippen LogP contribution < -0.4 is 4.74 Å². The third-order valence-electron chi connectivity index (χ3n) is 3.15. The van der Waals surface area contributed by atoms with Crippen molar-refractivity contribution in [3.8, 4) is 5.75 Å². The van der Waals surface area contributed by atoms with Crippen LogP contribution in [0.3, 0.4) is 0 Å². The standard InChI is InChI=1S/C14H18N2O4/c1-11(15-18)12-2-4-13(5-3-12)20-10-14(17)16-6-8-19-9-7-16/h2-5,18H,6-10H2,1H3/b15-11-. The number of oxime groups is 1. The van der Waals surface area contributed by atoms with Crippen LogP contribution in [0.5, 0.6) is 5.75 Å². The summed E-state index contributed by atoms with van der Waals surface area (Å²) in [6.45, 7) is 4.13. The van der Waals surface area contributed by atoms with Gasteiger partial charge >= 0.3 is 0 Å². The van der Waals surface area contributed by atoms with Crippen LogP contribution in [0.4, 0.5) is 0 Å². The van der Waals surface area contributed by atoms with Gasteiger partial charge in [0.15, 0.2) is 6.61 Å². The Balaban J connectivity index is 1.85. The fourth-order valence-electron chi connectivity index (χ4n) is 1.90. The maximum Gasteiger partial charge on any atom is 0.260 e. The Bertz CT molecular complexity index is 478. The average molecular weight is 278 g/mol. The molecule has 1 aliphatic rings. The van der Waals surface area contributed by atoms with Crippen LogP contribution >= 0.6 is 0 Å². The molecule has 1 fully saturated rings. The minimum atomic E-state index is -0.0366. The summed E-state index contributed by atoms with van der Waals surface area (Å²) in [6, 6.07) is 7.06.